The van der Waals surface area contributed by atoms with Gasteiger partial charge in [0.1, 0.15) is 5.82 Å². The number of anilines is 1. The van der Waals surface area contributed by atoms with Crippen molar-refractivity contribution >= 4 is 17.7 Å². The van der Waals surface area contributed by atoms with Crippen LogP contribution in [0.3, 0.4) is 0 Å². The minimum absolute atomic E-state index is 0.000882. The van der Waals surface area contributed by atoms with Crippen LogP contribution < -0.4 is 5.32 Å². The van der Waals surface area contributed by atoms with Crippen molar-refractivity contribution in [3.63, 3.8) is 0 Å². The number of carboxylic acid groups (broad SMARTS) is 1. The first-order valence-corrected chi connectivity index (χ1v) is 6.79. The molecule has 108 valence electrons. The van der Waals surface area contributed by atoms with Gasteiger partial charge in [-0.25, -0.2) is 4.98 Å². The smallest absolute Gasteiger partial charge is 0.305 e. The second-order valence-electron chi connectivity index (χ2n) is 4.90. The lowest BCUT2D eigenvalue weighted by Gasteiger charge is -2.35. The average molecular weight is 277 g/mol. The van der Waals surface area contributed by atoms with E-state index in [0.717, 1.165) is 19.3 Å². The molecule has 0 aromatic carbocycles. The third-order valence-electron chi connectivity index (χ3n) is 3.57. The van der Waals surface area contributed by atoms with Gasteiger partial charge in [0.2, 0.25) is 0 Å². The Morgan fingerprint density at radius 3 is 3.00 bits per heavy atom. The highest BCUT2D eigenvalue weighted by Crippen LogP contribution is 2.23. The summed E-state index contributed by atoms with van der Waals surface area (Å²) < 4.78 is 0. The SMILES string of the molecule is CNc1ncccc1C(=O)N1CCCCC1CC(=O)O. The molecule has 0 radical (unpaired) electrons. The van der Waals surface area contributed by atoms with Crippen LogP contribution in [-0.4, -0.2) is 46.5 Å². The van der Waals surface area contributed by atoms with Gasteiger partial charge in [0.25, 0.3) is 5.91 Å². The molecule has 0 spiro atoms. The van der Waals surface area contributed by atoms with E-state index in [2.05, 4.69) is 10.3 Å². The normalized spacial score (nSPS) is 18.6. The first kappa shape index (κ1) is 14.3. The summed E-state index contributed by atoms with van der Waals surface area (Å²) in [6, 6.07) is 3.20. The minimum Gasteiger partial charge on any atom is -0.481 e. The molecule has 2 rings (SSSR count). The largest absolute Gasteiger partial charge is 0.481 e. The summed E-state index contributed by atoms with van der Waals surface area (Å²) in [7, 11) is 1.71. The Bertz CT molecular complexity index is 504. The van der Waals surface area contributed by atoms with Crippen LogP contribution in [0.2, 0.25) is 0 Å². The number of aromatic nitrogens is 1. The van der Waals surface area contributed by atoms with Crippen molar-refractivity contribution in [3.05, 3.63) is 23.9 Å². The molecule has 1 saturated heterocycles. The number of pyridine rings is 1. The van der Waals surface area contributed by atoms with Crippen molar-refractivity contribution in [2.75, 3.05) is 18.9 Å². The summed E-state index contributed by atoms with van der Waals surface area (Å²) in [4.78, 5) is 29.4. The van der Waals surface area contributed by atoms with Crippen LogP contribution in [0.4, 0.5) is 5.82 Å². The lowest BCUT2D eigenvalue weighted by Crippen LogP contribution is -2.45. The molecule has 1 aliphatic heterocycles. The van der Waals surface area contributed by atoms with Crippen molar-refractivity contribution in [1.82, 2.24) is 9.88 Å². The Morgan fingerprint density at radius 2 is 2.30 bits per heavy atom. The highest BCUT2D eigenvalue weighted by atomic mass is 16.4. The number of piperidine rings is 1. The van der Waals surface area contributed by atoms with Crippen LogP contribution in [0.5, 0.6) is 0 Å². The molecule has 1 aliphatic rings. The Balaban J connectivity index is 2.23. The molecule has 2 heterocycles. The van der Waals surface area contributed by atoms with E-state index in [1.54, 1.807) is 30.3 Å². The van der Waals surface area contributed by atoms with Gasteiger partial charge in [-0.3, -0.25) is 9.59 Å². The molecule has 6 nitrogen and oxygen atoms in total. The van der Waals surface area contributed by atoms with Crippen LogP contribution >= 0.6 is 0 Å². The van der Waals surface area contributed by atoms with E-state index in [9.17, 15) is 9.59 Å². The van der Waals surface area contributed by atoms with Gasteiger partial charge in [-0.05, 0) is 31.4 Å². The Kier molecular flexibility index (Phi) is 4.55. The molecule has 1 fully saturated rings. The first-order valence-electron chi connectivity index (χ1n) is 6.79. The van der Waals surface area contributed by atoms with E-state index in [-0.39, 0.29) is 18.4 Å². The van der Waals surface area contributed by atoms with Crippen LogP contribution in [-0.2, 0) is 4.79 Å². The summed E-state index contributed by atoms with van der Waals surface area (Å²) in [6.07, 6.45) is 4.24. The lowest BCUT2D eigenvalue weighted by atomic mass is 9.98. The Morgan fingerprint density at radius 1 is 1.50 bits per heavy atom. The number of nitrogens with one attached hydrogen (secondary N) is 1. The maximum atomic E-state index is 12.6. The standard InChI is InChI=1S/C14H19N3O3/c1-15-13-11(6-4-7-16-13)14(20)17-8-3-2-5-10(17)9-12(18)19/h4,6-7,10H,2-3,5,8-9H2,1H3,(H,15,16)(H,18,19). The number of likely N-dealkylation sites (tertiary alicyclic amines) is 1. The maximum absolute atomic E-state index is 12.6. The van der Waals surface area contributed by atoms with Crippen molar-refractivity contribution in [3.8, 4) is 0 Å². The number of hydrogen-bond acceptors (Lipinski definition) is 4. The zero-order valence-corrected chi connectivity index (χ0v) is 11.5. The fourth-order valence-electron chi connectivity index (χ4n) is 2.61. The van der Waals surface area contributed by atoms with Gasteiger partial charge < -0.3 is 15.3 Å². The fourth-order valence-corrected chi connectivity index (χ4v) is 2.61. The van der Waals surface area contributed by atoms with Gasteiger partial charge in [-0.1, -0.05) is 0 Å². The van der Waals surface area contributed by atoms with Gasteiger partial charge in [-0.2, -0.15) is 0 Å². The highest BCUT2D eigenvalue weighted by molar-refractivity contribution is 5.99. The number of carbonyl (C=O) groups is 2. The molecule has 20 heavy (non-hydrogen) atoms. The summed E-state index contributed by atoms with van der Waals surface area (Å²) >= 11 is 0. The lowest BCUT2D eigenvalue weighted by molar-refractivity contribution is -0.138. The third-order valence-corrected chi connectivity index (χ3v) is 3.57. The Hall–Kier alpha value is -2.11. The fraction of sp³-hybridized carbons (Fsp3) is 0.500. The molecule has 1 unspecified atom stereocenters. The van der Waals surface area contributed by atoms with E-state index in [4.69, 9.17) is 5.11 Å². The predicted molar refractivity (Wildman–Crippen MR) is 74.7 cm³/mol. The zero-order valence-electron chi connectivity index (χ0n) is 11.5. The summed E-state index contributed by atoms with van der Waals surface area (Å²) in [5, 5.41) is 11.9. The first-order chi connectivity index (χ1) is 9.63. The van der Waals surface area contributed by atoms with E-state index in [1.807, 2.05) is 0 Å². The number of aliphatic carboxylic acids is 1. The zero-order chi connectivity index (χ0) is 14.5. The maximum Gasteiger partial charge on any atom is 0.305 e. The van der Waals surface area contributed by atoms with Crippen LogP contribution in [0, 0.1) is 0 Å². The molecule has 0 aliphatic carbocycles. The number of hydrogen-bond donors (Lipinski definition) is 2. The van der Waals surface area contributed by atoms with E-state index >= 15 is 0 Å². The number of carboxylic acids is 1. The topological polar surface area (TPSA) is 82.5 Å². The van der Waals surface area contributed by atoms with Crippen LogP contribution in [0.1, 0.15) is 36.0 Å². The molecular formula is C14H19N3O3. The summed E-state index contributed by atoms with van der Waals surface area (Å²) in [5.41, 5.74) is 0.493. The highest BCUT2D eigenvalue weighted by Gasteiger charge is 2.30. The van der Waals surface area contributed by atoms with Gasteiger partial charge in [0.15, 0.2) is 0 Å². The van der Waals surface area contributed by atoms with Gasteiger partial charge in [0.05, 0.1) is 12.0 Å². The monoisotopic (exact) mass is 277 g/mol. The molecule has 6 heteroatoms. The molecule has 1 aromatic heterocycles. The molecule has 1 aromatic rings. The summed E-state index contributed by atoms with van der Waals surface area (Å²) in [6.45, 7) is 0.606. The quantitative estimate of drug-likeness (QED) is 0.873. The molecule has 1 atom stereocenters. The molecule has 2 N–H and O–H groups in total. The van der Waals surface area contributed by atoms with Gasteiger partial charge in [-0.15, -0.1) is 0 Å². The molecule has 0 bridgehead atoms. The van der Waals surface area contributed by atoms with E-state index < -0.39 is 5.97 Å². The van der Waals surface area contributed by atoms with Crippen molar-refractivity contribution in [2.24, 2.45) is 0 Å². The average Bonchev–Trinajstić information content (AvgIpc) is 2.46. The Labute approximate surface area is 117 Å². The second-order valence-corrected chi connectivity index (χ2v) is 4.90. The summed E-state index contributed by atoms with van der Waals surface area (Å²) in [5.74, 6) is -0.486. The third kappa shape index (κ3) is 3.07. The molecular weight excluding hydrogens is 258 g/mol. The number of carbonyl (C=O) groups excluding carboxylic acids is 1. The van der Waals surface area contributed by atoms with Crippen molar-refractivity contribution in [1.29, 1.82) is 0 Å². The van der Waals surface area contributed by atoms with Crippen molar-refractivity contribution < 1.29 is 14.7 Å². The van der Waals surface area contributed by atoms with Gasteiger partial charge >= 0.3 is 5.97 Å². The second kappa shape index (κ2) is 6.36. The van der Waals surface area contributed by atoms with Gasteiger partial charge in [0, 0.05) is 25.8 Å². The molecule has 1 amide bonds. The van der Waals surface area contributed by atoms with E-state index in [1.165, 1.54) is 0 Å². The molecule has 0 saturated carbocycles. The van der Waals surface area contributed by atoms with Crippen LogP contribution in [0.25, 0.3) is 0 Å². The minimum atomic E-state index is -0.866. The number of amides is 1. The van der Waals surface area contributed by atoms with E-state index in [0.29, 0.717) is 17.9 Å². The number of nitrogens with zero attached hydrogens (tertiary/aromatic N) is 2. The predicted octanol–water partition coefficient (Wildman–Crippen LogP) is 1.59. The van der Waals surface area contributed by atoms with Crippen molar-refractivity contribution in [2.45, 2.75) is 31.7 Å². The number of rotatable bonds is 4. The van der Waals surface area contributed by atoms with Crippen LogP contribution in [0.15, 0.2) is 18.3 Å².